The van der Waals surface area contributed by atoms with E-state index in [1.54, 1.807) is 48.4 Å². The summed E-state index contributed by atoms with van der Waals surface area (Å²) in [6, 6.07) is 12.4. The van der Waals surface area contributed by atoms with Crippen molar-refractivity contribution in [2.45, 2.75) is 20.8 Å². The number of hydrogen-bond acceptors (Lipinski definition) is 4. The zero-order chi connectivity index (χ0) is 21.2. The number of amides is 2. The first-order valence-corrected chi connectivity index (χ1v) is 9.71. The highest BCUT2D eigenvalue weighted by molar-refractivity contribution is 6.02. The van der Waals surface area contributed by atoms with Gasteiger partial charge in [0.2, 0.25) is 5.91 Å². The Labute approximate surface area is 172 Å². The highest BCUT2D eigenvalue weighted by Crippen LogP contribution is 2.28. The van der Waals surface area contributed by atoms with Crippen molar-refractivity contribution in [2.24, 2.45) is 0 Å². The van der Waals surface area contributed by atoms with E-state index in [-0.39, 0.29) is 11.8 Å². The van der Waals surface area contributed by atoms with E-state index < -0.39 is 0 Å². The molecule has 0 unspecified atom stereocenters. The molecule has 1 N–H and O–H groups in total. The molecule has 0 heterocycles. The molecule has 0 atom stereocenters. The minimum atomic E-state index is -0.262. The van der Waals surface area contributed by atoms with Crippen LogP contribution < -0.4 is 14.8 Å². The third-order valence-corrected chi connectivity index (χ3v) is 4.36. The summed E-state index contributed by atoms with van der Waals surface area (Å²) in [7, 11) is 1.58. The molecule has 29 heavy (non-hydrogen) atoms. The molecular weight excluding hydrogens is 368 g/mol. The molecule has 0 spiro atoms. The van der Waals surface area contributed by atoms with Gasteiger partial charge in [-0.15, -0.1) is 0 Å². The maximum absolute atomic E-state index is 12.3. The Kier molecular flexibility index (Phi) is 8.27. The van der Waals surface area contributed by atoms with Gasteiger partial charge < -0.3 is 19.7 Å². The second kappa shape index (κ2) is 10.9. The topological polar surface area (TPSA) is 67.9 Å². The van der Waals surface area contributed by atoms with Crippen molar-refractivity contribution >= 4 is 23.6 Å². The molecule has 0 radical (unpaired) electrons. The van der Waals surface area contributed by atoms with Crippen LogP contribution in [0.5, 0.6) is 11.5 Å². The number of benzene rings is 2. The van der Waals surface area contributed by atoms with Crippen molar-refractivity contribution in [1.29, 1.82) is 0 Å². The van der Waals surface area contributed by atoms with Gasteiger partial charge in [0.15, 0.2) is 11.5 Å². The lowest BCUT2D eigenvalue weighted by atomic mass is 10.1. The Morgan fingerprint density at radius 2 is 1.69 bits per heavy atom. The third kappa shape index (κ3) is 6.10. The molecule has 0 fully saturated rings. The van der Waals surface area contributed by atoms with Crippen molar-refractivity contribution in [2.75, 3.05) is 32.1 Å². The van der Waals surface area contributed by atoms with Crippen LogP contribution in [0.25, 0.3) is 6.08 Å². The summed E-state index contributed by atoms with van der Waals surface area (Å²) >= 11 is 0. The fourth-order valence-corrected chi connectivity index (χ4v) is 2.81. The Morgan fingerprint density at radius 3 is 2.28 bits per heavy atom. The number of carbonyl (C=O) groups is 2. The van der Waals surface area contributed by atoms with E-state index in [1.807, 2.05) is 32.9 Å². The number of ether oxygens (including phenoxy) is 2. The standard InChI is InChI=1S/C23H28N2O4/c1-5-25(6-2)23(27)18-10-12-19(13-11-18)24-22(26)15-9-17-8-14-20(28-4)21(16-17)29-7-3/h8-16H,5-7H2,1-4H3,(H,24,26)/b15-9+. The van der Waals surface area contributed by atoms with Crippen molar-refractivity contribution in [3.63, 3.8) is 0 Å². The van der Waals surface area contributed by atoms with Gasteiger partial charge in [-0.2, -0.15) is 0 Å². The van der Waals surface area contributed by atoms with Gasteiger partial charge in [-0.1, -0.05) is 6.07 Å². The van der Waals surface area contributed by atoms with Crippen molar-refractivity contribution in [3.05, 3.63) is 59.7 Å². The lowest BCUT2D eigenvalue weighted by molar-refractivity contribution is -0.111. The van der Waals surface area contributed by atoms with E-state index in [9.17, 15) is 9.59 Å². The fourth-order valence-electron chi connectivity index (χ4n) is 2.81. The summed E-state index contributed by atoms with van der Waals surface area (Å²) in [5, 5.41) is 2.79. The molecule has 2 rings (SSSR count). The second-order valence-corrected chi connectivity index (χ2v) is 6.22. The third-order valence-electron chi connectivity index (χ3n) is 4.36. The summed E-state index contributed by atoms with van der Waals surface area (Å²) in [4.78, 5) is 26.3. The minimum absolute atomic E-state index is 0.0163. The van der Waals surface area contributed by atoms with Crippen LogP contribution in [0.3, 0.4) is 0 Å². The number of hydrogen-bond donors (Lipinski definition) is 1. The fraction of sp³-hybridized carbons (Fsp3) is 0.304. The summed E-state index contributed by atoms with van der Waals surface area (Å²) in [5.41, 5.74) is 2.05. The molecule has 0 aromatic heterocycles. The van der Waals surface area contributed by atoms with Gasteiger partial charge in [-0.3, -0.25) is 9.59 Å². The highest BCUT2D eigenvalue weighted by atomic mass is 16.5. The van der Waals surface area contributed by atoms with E-state index >= 15 is 0 Å². The normalized spacial score (nSPS) is 10.6. The van der Waals surface area contributed by atoms with E-state index in [2.05, 4.69) is 5.32 Å². The zero-order valence-electron chi connectivity index (χ0n) is 17.4. The Bertz CT molecular complexity index is 856. The van der Waals surface area contributed by atoms with Crippen LogP contribution in [0.4, 0.5) is 5.69 Å². The molecule has 0 aliphatic rings. The summed E-state index contributed by atoms with van der Waals surface area (Å²) in [5.74, 6) is 0.998. The van der Waals surface area contributed by atoms with Crippen LogP contribution in [0.15, 0.2) is 48.5 Å². The smallest absolute Gasteiger partial charge is 0.253 e. The molecule has 154 valence electrons. The molecule has 0 aliphatic heterocycles. The lowest BCUT2D eigenvalue weighted by Gasteiger charge is -2.18. The number of nitrogens with zero attached hydrogens (tertiary/aromatic N) is 1. The Balaban J connectivity index is 2.02. The Morgan fingerprint density at radius 1 is 1.00 bits per heavy atom. The maximum atomic E-state index is 12.3. The van der Waals surface area contributed by atoms with Gasteiger partial charge in [0.25, 0.3) is 5.91 Å². The summed E-state index contributed by atoms with van der Waals surface area (Å²) in [6.45, 7) is 7.64. The number of anilines is 1. The first-order chi connectivity index (χ1) is 14.0. The minimum Gasteiger partial charge on any atom is -0.493 e. The molecule has 6 nitrogen and oxygen atoms in total. The predicted octanol–water partition coefficient (Wildman–Crippen LogP) is 4.23. The van der Waals surface area contributed by atoms with Crippen LogP contribution in [0.2, 0.25) is 0 Å². The van der Waals surface area contributed by atoms with E-state index in [1.165, 1.54) is 6.08 Å². The number of carbonyl (C=O) groups excluding carboxylic acids is 2. The first-order valence-electron chi connectivity index (χ1n) is 9.71. The number of nitrogens with one attached hydrogen (secondary N) is 1. The zero-order valence-corrected chi connectivity index (χ0v) is 17.4. The van der Waals surface area contributed by atoms with Gasteiger partial charge >= 0.3 is 0 Å². The second-order valence-electron chi connectivity index (χ2n) is 6.22. The molecule has 0 aliphatic carbocycles. The molecule has 0 saturated carbocycles. The van der Waals surface area contributed by atoms with Crippen LogP contribution in [-0.4, -0.2) is 43.5 Å². The van der Waals surface area contributed by atoms with E-state index in [0.717, 1.165) is 5.56 Å². The summed E-state index contributed by atoms with van der Waals surface area (Å²) in [6.07, 6.45) is 3.15. The van der Waals surface area contributed by atoms with Crippen molar-refractivity contribution in [1.82, 2.24) is 4.90 Å². The van der Waals surface area contributed by atoms with Gasteiger partial charge in [-0.25, -0.2) is 0 Å². The average molecular weight is 396 g/mol. The largest absolute Gasteiger partial charge is 0.493 e. The van der Waals surface area contributed by atoms with Gasteiger partial charge in [0.1, 0.15) is 0 Å². The predicted molar refractivity (Wildman–Crippen MR) is 116 cm³/mol. The molecule has 2 amide bonds. The highest BCUT2D eigenvalue weighted by Gasteiger charge is 2.12. The molecule has 0 saturated heterocycles. The lowest BCUT2D eigenvalue weighted by Crippen LogP contribution is -2.30. The maximum Gasteiger partial charge on any atom is 0.253 e. The average Bonchev–Trinajstić information content (AvgIpc) is 2.74. The SMILES string of the molecule is CCOc1cc(/C=C/C(=O)Nc2ccc(C(=O)N(CC)CC)cc2)ccc1OC. The van der Waals surface area contributed by atoms with Crippen LogP contribution in [-0.2, 0) is 4.79 Å². The quantitative estimate of drug-likeness (QED) is 0.644. The van der Waals surface area contributed by atoms with E-state index in [0.29, 0.717) is 42.4 Å². The van der Waals surface area contributed by atoms with Crippen LogP contribution in [0, 0.1) is 0 Å². The van der Waals surface area contributed by atoms with Crippen LogP contribution >= 0.6 is 0 Å². The van der Waals surface area contributed by atoms with Crippen molar-refractivity contribution in [3.8, 4) is 11.5 Å². The van der Waals surface area contributed by atoms with Gasteiger partial charge in [-0.05, 0) is 68.8 Å². The number of methoxy groups -OCH3 is 1. The first kappa shape index (κ1) is 22.0. The molecule has 2 aromatic rings. The van der Waals surface area contributed by atoms with Crippen LogP contribution in [0.1, 0.15) is 36.7 Å². The van der Waals surface area contributed by atoms with E-state index in [4.69, 9.17) is 9.47 Å². The molecule has 2 aromatic carbocycles. The van der Waals surface area contributed by atoms with Gasteiger partial charge in [0.05, 0.1) is 13.7 Å². The Hall–Kier alpha value is -3.28. The van der Waals surface area contributed by atoms with Crippen molar-refractivity contribution < 1.29 is 19.1 Å². The summed E-state index contributed by atoms with van der Waals surface area (Å²) < 4.78 is 10.8. The monoisotopic (exact) mass is 396 g/mol. The molecule has 0 bridgehead atoms. The molecule has 6 heteroatoms. The molecular formula is C23H28N2O4. The number of rotatable bonds is 9. The van der Waals surface area contributed by atoms with Gasteiger partial charge in [0, 0.05) is 30.4 Å².